The van der Waals surface area contributed by atoms with Crippen molar-refractivity contribution in [3.05, 3.63) is 30.1 Å². The van der Waals surface area contributed by atoms with Gasteiger partial charge in [-0.05, 0) is 18.1 Å². The van der Waals surface area contributed by atoms with Gasteiger partial charge >= 0.3 is 5.97 Å². The van der Waals surface area contributed by atoms with Crippen molar-refractivity contribution in [3.63, 3.8) is 0 Å². The zero-order valence-electron chi connectivity index (χ0n) is 10.7. The minimum Gasteiger partial charge on any atom is -0.479 e. The Hall–Kier alpha value is -1.95. The lowest BCUT2D eigenvalue weighted by Crippen LogP contribution is -2.52. The number of nitrogens with zero attached hydrogens (tertiary/aromatic N) is 2. The third-order valence-corrected chi connectivity index (χ3v) is 3.06. The number of carboxylic acids is 1. The molecule has 1 aromatic rings. The van der Waals surface area contributed by atoms with Gasteiger partial charge in [0.2, 0.25) is 5.91 Å². The van der Waals surface area contributed by atoms with Gasteiger partial charge in [0.05, 0.1) is 6.04 Å². The molecule has 1 amide bonds. The van der Waals surface area contributed by atoms with E-state index in [1.807, 2.05) is 6.92 Å². The molecule has 1 aromatic heterocycles. The molecular formula is C13H16N2O4. The van der Waals surface area contributed by atoms with E-state index in [2.05, 4.69) is 4.98 Å². The van der Waals surface area contributed by atoms with Crippen molar-refractivity contribution >= 4 is 11.9 Å². The van der Waals surface area contributed by atoms with Crippen LogP contribution in [0.15, 0.2) is 24.5 Å². The van der Waals surface area contributed by atoms with Gasteiger partial charge in [0, 0.05) is 18.9 Å². The summed E-state index contributed by atoms with van der Waals surface area (Å²) in [5, 5.41) is 9.26. The Bertz CT molecular complexity index is 463. The summed E-state index contributed by atoms with van der Waals surface area (Å²) in [6.45, 7) is 2.26. The summed E-state index contributed by atoms with van der Waals surface area (Å²) in [4.78, 5) is 28.8. The molecule has 1 aliphatic heterocycles. The highest BCUT2D eigenvalue weighted by Crippen LogP contribution is 2.30. The third kappa shape index (κ3) is 2.73. The largest absolute Gasteiger partial charge is 0.479 e. The van der Waals surface area contributed by atoms with Crippen molar-refractivity contribution in [2.24, 2.45) is 0 Å². The van der Waals surface area contributed by atoms with Crippen molar-refractivity contribution in [1.29, 1.82) is 0 Å². The first kappa shape index (κ1) is 13.5. The van der Waals surface area contributed by atoms with Gasteiger partial charge in [-0.3, -0.25) is 9.78 Å². The zero-order valence-corrected chi connectivity index (χ0v) is 10.7. The molecule has 102 valence electrons. The second-order valence-electron chi connectivity index (χ2n) is 4.39. The van der Waals surface area contributed by atoms with Crippen LogP contribution in [0.3, 0.4) is 0 Å². The maximum Gasteiger partial charge on any atom is 0.335 e. The van der Waals surface area contributed by atoms with Crippen molar-refractivity contribution in [3.8, 4) is 0 Å². The Morgan fingerprint density at radius 1 is 1.63 bits per heavy atom. The Morgan fingerprint density at radius 3 is 3.00 bits per heavy atom. The predicted octanol–water partition coefficient (Wildman–Crippen LogP) is 0.845. The van der Waals surface area contributed by atoms with Crippen LogP contribution < -0.4 is 0 Å². The molecule has 0 saturated carbocycles. The van der Waals surface area contributed by atoms with Crippen LogP contribution in [-0.2, 0) is 14.3 Å². The molecule has 2 atom stereocenters. The minimum atomic E-state index is -1.07. The summed E-state index contributed by atoms with van der Waals surface area (Å²) >= 11 is 0. The predicted molar refractivity (Wildman–Crippen MR) is 66.4 cm³/mol. The summed E-state index contributed by atoms with van der Waals surface area (Å²) in [5.41, 5.74) is 0.677. The number of hydrogen-bond donors (Lipinski definition) is 1. The van der Waals surface area contributed by atoms with Crippen LogP contribution in [0, 0.1) is 0 Å². The van der Waals surface area contributed by atoms with Gasteiger partial charge in [0.15, 0.2) is 6.10 Å². The highest BCUT2D eigenvalue weighted by Gasteiger charge is 2.41. The number of rotatable bonds is 4. The van der Waals surface area contributed by atoms with E-state index in [0.29, 0.717) is 12.1 Å². The van der Waals surface area contributed by atoms with Crippen LogP contribution in [0.5, 0.6) is 0 Å². The molecule has 1 saturated heterocycles. The van der Waals surface area contributed by atoms with Crippen molar-refractivity contribution in [2.45, 2.75) is 25.5 Å². The highest BCUT2D eigenvalue weighted by molar-refractivity contribution is 5.82. The van der Waals surface area contributed by atoms with Crippen LogP contribution in [0.1, 0.15) is 24.9 Å². The van der Waals surface area contributed by atoms with E-state index in [0.717, 1.165) is 6.42 Å². The normalized spacial score (nSPS) is 23.4. The van der Waals surface area contributed by atoms with Gasteiger partial charge in [0.1, 0.15) is 6.61 Å². The Morgan fingerprint density at radius 2 is 2.42 bits per heavy atom. The smallest absolute Gasteiger partial charge is 0.335 e. The van der Waals surface area contributed by atoms with Crippen molar-refractivity contribution in [1.82, 2.24) is 9.88 Å². The maximum absolute atomic E-state index is 11.9. The average molecular weight is 264 g/mol. The standard InChI is InChI=1S/C13H16N2O4/c1-2-6-15-10(16)8-19-12(13(17)18)11(15)9-4-3-5-14-7-9/h3-5,7,11-12H,2,6,8H2,1H3,(H,17,18). The van der Waals surface area contributed by atoms with Gasteiger partial charge < -0.3 is 14.7 Å². The van der Waals surface area contributed by atoms with Gasteiger partial charge in [-0.25, -0.2) is 4.79 Å². The van der Waals surface area contributed by atoms with Crippen molar-refractivity contribution < 1.29 is 19.4 Å². The van der Waals surface area contributed by atoms with Crippen molar-refractivity contribution in [2.75, 3.05) is 13.2 Å². The lowest BCUT2D eigenvalue weighted by Gasteiger charge is -2.39. The molecular weight excluding hydrogens is 248 g/mol. The van der Waals surface area contributed by atoms with E-state index in [1.54, 1.807) is 29.4 Å². The summed E-state index contributed by atoms with van der Waals surface area (Å²) in [7, 11) is 0. The lowest BCUT2D eigenvalue weighted by atomic mass is 9.99. The zero-order chi connectivity index (χ0) is 13.8. The summed E-state index contributed by atoms with van der Waals surface area (Å²) in [6.07, 6.45) is 2.89. The van der Waals surface area contributed by atoms with E-state index in [-0.39, 0.29) is 12.5 Å². The number of carbonyl (C=O) groups is 2. The summed E-state index contributed by atoms with van der Waals surface area (Å²) < 4.78 is 5.18. The van der Waals surface area contributed by atoms with E-state index < -0.39 is 18.1 Å². The molecule has 2 rings (SSSR count). The number of amides is 1. The van der Waals surface area contributed by atoms with Crippen LogP contribution in [0.2, 0.25) is 0 Å². The van der Waals surface area contributed by atoms with E-state index in [1.165, 1.54) is 0 Å². The van der Waals surface area contributed by atoms with E-state index in [4.69, 9.17) is 4.74 Å². The molecule has 2 heterocycles. The van der Waals surface area contributed by atoms with Crippen LogP contribution in [-0.4, -0.2) is 46.1 Å². The average Bonchev–Trinajstić information content (AvgIpc) is 2.41. The summed E-state index contributed by atoms with van der Waals surface area (Å²) in [6, 6.07) is 2.86. The first-order valence-electron chi connectivity index (χ1n) is 6.19. The second-order valence-corrected chi connectivity index (χ2v) is 4.39. The monoisotopic (exact) mass is 264 g/mol. The van der Waals surface area contributed by atoms with Crippen LogP contribution >= 0.6 is 0 Å². The molecule has 2 unspecified atom stereocenters. The number of aromatic nitrogens is 1. The summed E-state index contributed by atoms with van der Waals surface area (Å²) in [5.74, 6) is -1.25. The van der Waals surface area contributed by atoms with Gasteiger partial charge in [0.25, 0.3) is 0 Å². The molecule has 0 aliphatic carbocycles. The fraction of sp³-hybridized carbons (Fsp3) is 0.462. The Labute approximate surface area is 111 Å². The number of morpholine rings is 1. The molecule has 0 spiro atoms. The number of pyridine rings is 1. The molecule has 0 aromatic carbocycles. The molecule has 6 nitrogen and oxygen atoms in total. The van der Waals surface area contributed by atoms with E-state index >= 15 is 0 Å². The molecule has 1 aliphatic rings. The third-order valence-electron chi connectivity index (χ3n) is 3.06. The first-order chi connectivity index (χ1) is 9.15. The fourth-order valence-electron chi connectivity index (χ4n) is 2.27. The molecule has 0 radical (unpaired) electrons. The SMILES string of the molecule is CCCN1C(=O)COC(C(=O)O)C1c1cccnc1. The number of hydrogen-bond acceptors (Lipinski definition) is 4. The quantitative estimate of drug-likeness (QED) is 0.871. The molecule has 0 bridgehead atoms. The van der Waals surface area contributed by atoms with Gasteiger partial charge in [-0.2, -0.15) is 0 Å². The minimum absolute atomic E-state index is 0.187. The lowest BCUT2D eigenvalue weighted by molar-refractivity contribution is -0.173. The fourth-order valence-corrected chi connectivity index (χ4v) is 2.27. The molecule has 1 N–H and O–H groups in total. The van der Waals surface area contributed by atoms with Gasteiger partial charge in [-0.1, -0.05) is 13.0 Å². The first-order valence-corrected chi connectivity index (χ1v) is 6.19. The van der Waals surface area contributed by atoms with Gasteiger partial charge in [-0.15, -0.1) is 0 Å². The number of carboxylic acid groups (broad SMARTS) is 1. The van der Waals surface area contributed by atoms with E-state index in [9.17, 15) is 14.7 Å². The second kappa shape index (κ2) is 5.79. The highest BCUT2D eigenvalue weighted by atomic mass is 16.5. The molecule has 19 heavy (non-hydrogen) atoms. The number of aliphatic carboxylic acids is 1. The van der Waals surface area contributed by atoms with Crippen LogP contribution in [0.25, 0.3) is 0 Å². The Kier molecular flexibility index (Phi) is 4.11. The Balaban J connectivity index is 2.38. The topological polar surface area (TPSA) is 79.7 Å². The van der Waals surface area contributed by atoms with Crippen LogP contribution in [0.4, 0.5) is 0 Å². The molecule has 1 fully saturated rings. The maximum atomic E-state index is 11.9. The number of carbonyl (C=O) groups excluding carboxylic acids is 1. The number of ether oxygens (including phenoxy) is 1. The molecule has 6 heteroatoms.